The average Bonchev–Trinajstić information content (AvgIpc) is 2.72. The van der Waals surface area contributed by atoms with Crippen LogP contribution in [0.3, 0.4) is 0 Å². The van der Waals surface area contributed by atoms with Crippen LogP contribution in [-0.4, -0.2) is 18.5 Å². The van der Waals surface area contributed by atoms with Crippen LogP contribution in [0, 0.1) is 12.8 Å². The molecule has 0 saturated heterocycles. The molecule has 0 aromatic heterocycles. The monoisotopic (exact) mass is 232 g/mol. The summed E-state index contributed by atoms with van der Waals surface area (Å²) in [6.07, 6.45) is 3.26. The van der Waals surface area contributed by atoms with Crippen molar-refractivity contribution in [1.82, 2.24) is 5.32 Å². The van der Waals surface area contributed by atoms with Gasteiger partial charge in [-0.1, -0.05) is 17.7 Å². The maximum atomic E-state index is 11.9. The largest absolute Gasteiger partial charge is 0.352 e. The summed E-state index contributed by atoms with van der Waals surface area (Å²) < 4.78 is 0. The average molecular weight is 232 g/mol. The fraction of sp³-hybridized carbons (Fsp3) is 0.500. The maximum Gasteiger partial charge on any atom is 0.251 e. The first-order valence-corrected chi connectivity index (χ1v) is 6.25. The molecule has 2 rings (SSSR count). The van der Waals surface area contributed by atoms with Crippen LogP contribution in [0.2, 0.25) is 0 Å². The van der Waals surface area contributed by atoms with Crippen molar-refractivity contribution in [2.24, 2.45) is 11.7 Å². The van der Waals surface area contributed by atoms with Crippen LogP contribution in [0.1, 0.15) is 35.2 Å². The summed E-state index contributed by atoms with van der Waals surface area (Å²) >= 11 is 0. The number of benzene rings is 1. The Morgan fingerprint density at radius 1 is 1.47 bits per heavy atom. The Labute approximate surface area is 102 Å². The molecule has 0 aliphatic heterocycles. The smallest absolute Gasteiger partial charge is 0.251 e. The number of carbonyl (C=O) groups excluding carboxylic acids is 1. The Morgan fingerprint density at radius 3 is 2.94 bits per heavy atom. The van der Waals surface area contributed by atoms with Crippen molar-refractivity contribution < 1.29 is 4.79 Å². The molecule has 92 valence electrons. The van der Waals surface area contributed by atoms with E-state index in [-0.39, 0.29) is 5.91 Å². The number of rotatable bonds is 3. The van der Waals surface area contributed by atoms with Crippen LogP contribution in [0.5, 0.6) is 0 Å². The van der Waals surface area contributed by atoms with Gasteiger partial charge in [0.15, 0.2) is 0 Å². The molecule has 17 heavy (non-hydrogen) atoms. The minimum Gasteiger partial charge on any atom is -0.352 e. The predicted molar refractivity (Wildman–Crippen MR) is 68.8 cm³/mol. The van der Waals surface area contributed by atoms with Gasteiger partial charge in [0, 0.05) is 18.2 Å². The second kappa shape index (κ2) is 5.32. The fourth-order valence-electron chi connectivity index (χ4n) is 2.42. The molecule has 0 bridgehead atoms. The van der Waals surface area contributed by atoms with Gasteiger partial charge in [0.2, 0.25) is 0 Å². The summed E-state index contributed by atoms with van der Waals surface area (Å²) in [4.78, 5) is 11.9. The second-order valence-electron chi connectivity index (χ2n) is 5.02. The maximum absolute atomic E-state index is 11.9. The van der Waals surface area contributed by atoms with Gasteiger partial charge in [0.25, 0.3) is 5.91 Å². The minimum atomic E-state index is 0.0224. The molecule has 1 saturated carbocycles. The van der Waals surface area contributed by atoms with E-state index in [1.54, 1.807) is 0 Å². The predicted octanol–water partition coefficient (Wildman–Crippen LogP) is 1.85. The lowest BCUT2D eigenvalue weighted by molar-refractivity contribution is 0.0947. The first-order chi connectivity index (χ1) is 8.15. The number of hydrogen-bond donors (Lipinski definition) is 2. The normalized spacial score (nSPS) is 23.6. The van der Waals surface area contributed by atoms with Crippen LogP contribution >= 0.6 is 0 Å². The highest BCUT2D eigenvalue weighted by Gasteiger charge is 2.22. The minimum absolute atomic E-state index is 0.0224. The van der Waals surface area contributed by atoms with Gasteiger partial charge in [0.1, 0.15) is 0 Å². The topological polar surface area (TPSA) is 55.1 Å². The number of carbonyl (C=O) groups is 1. The molecule has 0 radical (unpaired) electrons. The highest BCUT2D eigenvalue weighted by molar-refractivity contribution is 5.94. The third-order valence-electron chi connectivity index (χ3n) is 3.41. The standard InChI is InChI=1S/C14H20N2O/c1-10-3-2-4-12(7-10)14(17)16-9-11-5-6-13(15)8-11/h2-4,7,11,13H,5-6,8-9,15H2,1H3,(H,16,17). The molecular formula is C14H20N2O. The molecule has 2 atom stereocenters. The van der Waals surface area contributed by atoms with Crippen LogP contribution in [-0.2, 0) is 0 Å². The quantitative estimate of drug-likeness (QED) is 0.835. The summed E-state index contributed by atoms with van der Waals surface area (Å²) in [6, 6.07) is 8.00. The van der Waals surface area contributed by atoms with Crippen molar-refractivity contribution in [3.8, 4) is 0 Å². The molecule has 1 aromatic carbocycles. The lowest BCUT2D eigenvalue weighted by Crippen LogP contribution is -2.29. The zero-order valence-electron chi connectivity index (χ0n) is 10.3. The van der Waals surface area contributed by atoms with Gasteiger partial charge >= 0.3 is 0 Å². The molecule has 3 heteroatoms. The van der Waals surface area contributed by atoms with E-state index in [2.05, 4.69) is 5.32 Å². The molecule has 2 unspecified atom stereocenters. The van der Waals surface area contributed by atoms with Crippen molar-refractivity contribution in [2.75, 3.05) is 6.54 Å². The van der Waals surface area contributed by atoms with E-state index in [0.29, 0.717) is 12.0 Å². The number of aryl methyl sites for hydroxylation is 1. The number of amides is 1. The molecule has 1 amide bonds. The number of hydrogen-bond acceptors (Lipinski definition) is 2. The zero-order chi connectivity index (χ0) is 12.3. The zero-order valence-corrected chi connectivity index (χ0v) is 10.3. The summed E-state index contributed by atoms with van der Waals surface area (Å²) in [6.45, 7) is 2.74. The van der Waals surface area contributed by atoms with Crippen LogP contribution in [0.25, 0.3) is 0 Å². The van der Waals surface area contributed by atoms with Crippen LogP contribution in [0.4, 0.5) is 0 Å². The summed E-state index contributed by atoms with van der Waals surface area (Å²) in [5.41, 5.74) is 7.70. The molecule has 1 aliphatic rings. The first-order valence-electron chi connectivity index (χ1n) is 6.25. The summed E-state index contributed by atoms with van der Waals surface area (Å²) in [5, 5.41) is 2.99. The Bertz CT molecular complexity index is 403. The van der Waals surface area contributed by atoms with Gasteiger partial charge < -0.3 is 11.1 Å². The van der Waals surface area contributed by atoms with Gasteiger partial charge in [-0.25, -0.2) is 0 Å². The first kappa shape index (κ1) is 12.1. The van der Waals surface area contributed by atoms with E-state index < -0.39 is 0 Å². The molecule has 1 aromatic rings. The summed E-state index contributed by atoms with van der Waals surface area (Å²) in [5.74, 6) is 0.577. The fourth-order valence-corrected chi connectivity index (χ4v) is 2.42. The van der Waals surface area contributed by atoms with E-state index >= 15 is 0 Å². The van der Waals surface area contributed by atoms with Gasteiger partial charge in [-0.05, 0) is 44.2 Å². The highest BCUT2D eigenvalue weighted by atomic mass is 16.1. The van der Waals surface area contributed by atoms with Crippen molar-refractivity contribution in [1.29, 1.82) is 0 Å². The number of nitrogens with two attached hydrogens (primary N) is 1. The lowest BCUT2D eigenvalue weighted by Gasteiger charge is -2.11. The molecule has 0 heterocycles. The second-order valence-corrected chi connectivity index (χ2v) is 5.02. The van der Waals surface area contributed by atoms with Crippen molar-refractivity contribution in [3.63, 3.8) is 0 Å². The molecule has 3 nitrogen and oxygen atoms in total. The van der Waals surface area contributed by atoms with E-state index in [9.17, 15) is 4.79 Å². The van der Waals surface area contributed by atoms with Gasteiger partial charge in [-0.3, -0.25) is 4.79 Å². The van der Waals surface area contributed by atoms with Crippen LogP contribution in [0.15, 0.2) is 24.3 Å². The van der Waals surface area contributed by atoms with Gasteiger partial charge in [0.05, 0.1) is 0 Å². The SMILES string of the molecule is Cc1cccc(C(=O)NCC2CCC(N)C2)c1. The van der Waals surface area contributed by atoms with E-state index in [0.717, 1.165) is 36.9 Å². The molecule has 1 fully saturated rings. The number of nitrogens with one attached hydrogen (secondary N) is 1. The molecule has 0 spiro atoms. The van der Waals surface area contributed by atoms with Crippen molar-refractivity contribution >= 4 is 5.91 Å². The van der Waals surface area contributed by atoms with Crippen LogP contribution < -0.4 is 11.1 Å². The van der Waals surface area contributed by atoms with E-state index in [1.807, 2.05) is 31.2 Å². The van der Waals surface area contributed by atoms with Gasteiger partial charge in [-0.15, -0.1) is 0 Å². The Morgan fingerprint density at radius 2 is 2.29 bits per heavy atom. The Hall–Kier alpha value is -1.35. The third-order valence-corrected chi connectivity index (χ3v) is 3.41. The Kier molecular flexibility index (Phi) is 3.79. The molecule has 3 N–H and O–H groups in total. The van der Waals surface area contributed by atoms with Crippen molar-refractivity contribution in [3.05, 3.63) is 35.4 Å². The summed E-state index contributed by atoms with van der Waals surface area (Å²) in [7, 11) is 0. The van der Waals surface area contributed by atoms with Gasteiger partial charge in [-0.2, -0.15) is 0 Å². The molecule has 1 aliphatic carbocycles. The Balaban J connectivity index is 1.85. The van der Waals surface area contributed by atoms with E-state index in [4.69, 9.17) is 5.73 Å². The highest BCUT2D eigenvalue weighted by Crippen LogP contribution is 2.23. The third kappa shape index (κ3) is 3.30. The lowest BCUT2D eigenvalue weighted by atomic mass is 10.1. The molecular weight excluding hydrogens is 212 g/mol. The van der Waals surface area contributed by atoms with Crippen molar-refractivity contribution in [2.45, 2.75) is 32.2 Å². The van der Waals surface area contributed by atoms with E-state index in [1.165, 1.54) is 0 Å².